The van der Waals surface area contributed by atoms with Crippen LogP contribution in [0.1, 0.15) is 0 Å². The van der Waals surface area contributed by atoms with E-state index in [-0.39, 0.29) is 23.7 Å². The van der Waals surface area contributed by atoms with Gasteiger partial charge in [0.05, 0.1) is 25.4 Å². The molecule has 32 heavy (non-hydrogen) atoms. The third-order valence-electron chi connectivity index (χ3n) is 5.39. The molecule has 1 aromatic heterocycles. The number of benzene rings is 2. The van der Waals surface area contributed by atoms with Crippen molar-refractivity contribution in [3.63, 3.8) is 0 Å². The van der Waals surface area contributed by atoms with Crippen molar-refractivity contribution in [3.05, 3.63) is 30.3 Å². The summed E-state index contributed by atoms with van der Waals surface area (Å²) in [5.41, 5.74) is 18.9. The minimum absolute atomic E-state index is 0.0485. The predicted octanol–water partition coefficient (Wildman–Crippen LogP) is 0.905. The van der Waals surface area contributed by atoms with Crippen LogP contribution in [0.3, 0.4) is 0 Å². The monoisotopic (exact) mass is 459 g/mol. The molecule has 0 atom stereocenters. The average molecular weight is 460 g/mol. The number of sulfonamides is 1. The minimum Gasteiger partial charge on any atom is -0.493 e. The zero-order valence-corrected chi connectivity index (χ0v) is 18.6. The van der Waals surface area contributed by atoms with E-state index in [1.807, 2.05) is 4.90 Å². The van der Waals surface area contributed by atoms with E-state index in [0.29, 0.717) is 52.9 Å². The molecular formula is C20H25N7O4S. The fourth-order valence-electron chi connectivity index (χ4n) is 3.68. The molecule has 0 radical (unpaired) electrons. The molecule has 1 saturated heterocycles. The first-order valence-electron chi connectivity index (χ1n) is 9.84. The number of methoxy groups -OCH3 is 2. The smallest absolute Gasteiger partial charge is 0.245 e. The van der Waals surface area contributed by atoms with E-state index < -0.39 is 10.0 Å². The number of anilines is 4. The Kier molecular flexibility index (Phi) is 5.57. The molecule has 2 aromatic carbocycles. The lowest BCUT2D eigenvalue weighted by atomic mass is 10.2. The molecule has 3 aromatic rings. The third kappa shape index (κ3) is 3.78. The Bertz CT molecular complexity index is 1270. The molecule has 1 fully saturated rings. The molecule has 4 rings (SSSR count). The van der Waals surface area contributed by atoms with Gasteiger partial charge in [-0.1, -0.05) is 0 Å². The van der Waals surface area contributed by atoms with E-state index in [9.17, 15) is 8.42 Å². The van der Waals surface area contributed by atoms with Crippen molar-refractivity contribution in [2.75, 3.05) is 62.5 Å². The van der Waals surface area contributed by atoms with Gasteiger partial charge in [-0.15, -0.1) is 0 Å². The number of aromatic nitrogens is 2. The Hall–Kier alpha value is -3.51. The molecule has 170 valence electrons. The van der Waals surface area contributed by atoms with Crippen LogP contribution in [0.25, 0.3) is 10.9 Å². The molecule has 1 aliphatic heterocycles. The van der Waals surface area contributed by atoms with Gasteiger partial charge in [-0.2, -0.15) is 9.29 Å². The summed E-state index contributed by atoms with van der Waals surface area (Å²) in [6.07, 6.45) is 0. The Balaban J connectivity index is 1.57. The SMILES string of the molecule is COc1cc2nc(N3CCN(S(=O)(=O)c4ccc(N)cc4N)CC3)nc(N)c2cc1OC. The van der Waals surface area contributed by atoms with Crippen LogP contribution in [-0.2, 0) is 10.0 Å². The average Bonchev–Trinajstić information content (AvgIpc) is 2.78. The lowest BCUT2D eigenvalue weighted by Crippen LogP contribution is -2.49. The van der Waals surface area contributed by atoms with Gasteiger partial charge >= 0.3 is 0 Å². The van der Waals surface area contributed by atoms with Gasteiger partial charge in [0.1, 0.15) is 10.7 Å². The van der Waals surface area contributed by atoms with E-state index in [4.69, 9.17) is 26.7 Å². The third-order valence-corrected chi connectivity index (χ3v) is 7.36. The summed E-state index contributed by atoms with van der Waals surface area (Å²) in [6, 6.07) is 7.86. The highest BCUT2D eigenvalue weighted by Crippen LogP contribution is 2.34. The van der Waals surface area contributed by atoms with E-state index >= 15 is 0 Å². The van der Waals surface area contributed by atoms with Crippen LogP contribution in [0, 0.1) is 0 Å². The summed E-state index contributed by atoms with van der Waals surface area (Å²) in [7, 11) is -0.658. The van der Waals surface area contributed by atoms with Crippen molar-refractivity contribution in [3.8, 4) is 11.5 Å². The molecule has 11 nitrogen and oxygen atoms in total. The fourth-order valence-corrected chi connectivity index (χ4v) is 5.20. The van der Waals surface area contributed by atoms with Crippen molar-refractivity contribution < 1.29 is 17.9 Å². The Morgan fingerprint density at radius 3 is 2.19 bits per heavy atom. The highest BCUT2D eigenvalue weighted by molar-refractivity contribution is 7.89. The van der Waals surface area contributed by atoms with Crippen LogP contribution in [0.15, 0.2) is 35.2 Å². The number of nitrogens with zero attached hydrogens (tertiary/aromatic N) is 4. The maximum absolute atomic E-state index is 13.0. The molecule has 0 spiro atoms. The number of piperazine rings is 1. The number of rotatable bonds is 5. The Morgan fingerprint density at radius 1 is 0.906 bits per heavy atom. The lowest BCUT2D eigenvalue weighted by Gasteiger charge is -2.34. The van der Waals surface area contributed by atoms with Gasteiger partial charge < -0.3 is 31.6 Å². The van der Waals surface area contributed by atoms with E-state index in [2.05, 4.69) is 9.97 Å². The van der Waals surface area contributed by atoms with Crippen molar-refractivity contribution in [2.45, 2.75) is 4.90 Å². The summed E-state index contributed by atoms with van der Waals surface area (Å²) in [4.78, 5) is 11.0. The van der Waals surface area contributed by atoms with E-state index in [0.717, 1.165) is 0 Å². The van der Waals surface area contributed by atoms with Crippen molar-refractivity contribution in [2.24, 2.45) is 0 Å². The number of nitrogen functional groups attached to an aromatic ring is 3. The van der Waals surface area contributed by atoms with Gasteiger partial charge in [-0.25, -0.2) is 13.4 Å². The normalized spacial score (nSPS) is 15.1. The molecule has 1 aliphatic rings. The van der Waals surface area contributed by atoms with E-state index in [1.54, 1.807) is 26.4 Å². The first-order valence-corrected chi connectivity index (χ1v) is 11.3. The minimum atomic E-state index is -3.74. The highest BCUT2D eigenvalue weighted by atomic mass is 32.2. The van der Waals surface area contributed by atoms with Crippen molar-refractivity contribution in [1.82, 2.24) is 14.3 Å². The molecule has 0 saturated carbocycles. The second-order valence-electron chi connectivity index (χ2n) is 7.32. The van der Waals surface area contributed by atoms with Crippen LogP contribution < -0.4 is 31.6 Å². The second kappa shape index (κ2) is 8.20. The number of hydrogen-bond acceptors (Lipinski definition) is 10. The van der Waals surface area contributed by atoms with Gasteiger partial charge in [0, 0.05) is 43.3 Å². The first-order chi connectivity index (χ1) is 15.2. The van der Waals surface area contributed by atoms with Gasteiger partial charge in [0.2, 0.25) is 16.0 Å². The number of nitrogens with two attached hydrogens (primary N) is 3. The standard InChI is InChI=1S/C20H25N7O4S/c1-30-16-10-13-15(11-17(16)31-2)24-20(25-19(13)23)26-5-7-27(8-6-26)32(28,29)18-4-3-12(21)9-14(18)22/h3-4,9-11H,5-8,21-22H2,1-2H3,(H2,23,24,25). The van der Waals surface area contributed by atoms with Crippen LogP contribution in [0.4, 0.5) is 23.1 Å². The summed E-state index contributed by atoms with van der Waals surface area (Å²) in [5.74, 6) is 1.78. The molecule has 0 unspecified atom stereocenters. The molecule has 2 heterocycles. The van der Waals surface area contributed by atoms with Gasteiger partial charge in [-0.3, -0.25) is 0 Å². The van der Waals surface area contributed by atoms with E-state index in [1.165, 1.54) is 22.5 Å². The first kappa shape index (κ1) is 21.7. The summed E-state index contributed by atoms with van der Waals surface area (Å²) in [5, 5.41) is 0.645. The fraction of sp³-hybridized carbons (Fsp3) is 0.300. The zero-order valence-electron chi connectivity index (χ0n) is 17.8. The largest absolute Gasteiger partial charge is 0.493 e. The molecule has 12 heteroatoms. The summed E-state index contributed by atoms with van der Waals surface area (Å²) in [6.45, 7) is 1.29. The van der Waals surface area contributed by atoms with Crippen LogP contribution >= 0.6 is 0 Å². The highest BCUT2D eigenvalue weighted by Gasteiger charge is 2.31. The number of ether oxygens (including phenoxy) is 2. The second-order valence-corrected chi connectivity index (χ2v) is 9.23. The van der Waals surface area contributed by atoms with Crippen LogP contribution in [-0.4, -0.2) is 63.1 Å². The number of hydrogen-bond donors (Lipinski definition) is 3. The maximum Gasteiger partial charge on any atom is 0.245 e. The zero-order chi connectivity index (χ0) is 23.0. The summed E-state index contributed by atoms with van der Waals surface area (Å²) < 4.78 is 38.1. The Labute approximate surface area is 185 Å². The predicted molar refractivity (Wildman–Crippen MR) is 123 cm³/mol. The molecule has 0 aliphatic carbocycles. The molecular weight excluding hydrogens is 434 g/mol. The van der Waals surface area contributed by atoms with Crippen molar-refractivity contribution >= 4 is 44.1 Å². The quantitative estimate of drug-likeness (QED) is 0.467. The topological polar surface area (TPSA) is 163 Å². The Morgan fingerprint density at radius 2 is 1.56 bits per heavy atom. The summed E-state index contributed by atoms with van der Waals surface area (Å²) >= 11 is 0. The molecule has 0 amide bonds. The number of fused-ring (bicyclic) bond motifs is 1. The molecule has 0 bridgehead atoms. The molecule has 6 N–H and O–H groups in total. The van der Waals surface area contributed by atoms with Crippen LogP contribution in [0.5, 0.6) is 11.5 Å². The van der Waals surface area contributed by atoms with Crippen molar-refractivity contribution in [1.29, 1.82) is 0 Å². The van der Waals surface area contributed by atoms with Gasteiger partial charge in [-0.05, 0) is 24.3 Å². The maximum atomic E-state index is 13.0. The van der Waals surface area contributed by atoms with Gasteiger partial charge in [0.15, 0.2) is 11.5 Å². The van der Waals surface area contributed by atoms with Gasteiger partial charge in [0.25, 0.3) is 0 Å². The van der Waals surface area contributed by atoms with Crippen LogP contribution in [0.2, 0.25) is 0 Å². The lowest BCUT2D eigenvalue weighted by molar-refractivity contribution is 0.356.